The van der Waals surface area contributed by atoms with E-state index in [0.717, 1.165) is 35.5 Å². The van der Waals surface area contributed by atoms with E-state index in [1.807, 2.05) is 18.2 Å². The average Bonchev–Trinajstić information content (AvgIpc) is 2.31. The SMILES string of the molecule is CN(CCC(O)c1ccc(Br)cc1Cl)CC1CCC1. The molecule has 19 heavy (non-hydrogen) atoms. The van der Waals surface area contributed by atoms with Crippen LogP contribution >= 0.6 is 27.5 Å². The largest absolute Gasteiger partial charge is 0.388 e. The Balaban J connectivity index is 1.81. The summed E-state index contributed by atoms with van der Waals surface area (Å²) in [5.74, 6) is 0.874. The van der Waals surface area contributed by atoms with Crippen molar-refractivity contribution >= 4 is 27.5 Å². The minimum atomic E-state index is -0.482. The van der Waals surface area contributed by atoms with Crippen molar-refractivity contribution in [2.45, 2.75) is 31.8 Å². The van der Waals surface area contributed by atoms with Crippen LogP contribution in [0.3, 0.4) is 0 Å². The molecule has 0 spiro atoms. The van der Waals surface area contributed by atoms with Crippen LogP contribution in [0.4, 0.5) is 0 Å². The zero-order valence-corrected chi connectivity index (χ0v) is 13.6. The molecule has 1 atom stereocenters. The van der Waals surface area contributed by atoms with E-state index < -0.39 is 6.10 Å². The molecule has 1 fully saturated rings. The molecule has 0 heterocycles. The molecule has 0 amide bonds. The van der Waals surface area contributed by atoms with Gasteiger partial charge in [0.1, 0.15) is 0 Å². The molecule has 1 aliphatic carbocycles. The molecule has 0 saturated heterocycles. The summed E-state index contributed by atoms with van der Waals surface area (Å²) in [4.78, 5) is 2.32. The van der Waals surface area contributed by atoms with E-state index in [0.29, 0.717) is 5.02 Å². The van der Waals surface area contributed by atoms with E-state index in [4.69, 9.17) is 11.6 Å². The number of halogens is 2. The number of aliphatic hydroxyl groups is 1. The monoisotopic (exact) mass is 345 g/mol. The van der Waals surface area contributed by atoms with E-state index in [1.165, 1.54) is 19.3 Å². The van der Waals surface area contributed by atoms with Crippen molar-refractivity contribution < 1.29 is 5.11 Å². The summed E-state index contributed by atoms with van der Waals surface area (Å²) in [6, 6.07) is 5.64. The molecule has 2 rings (SSSR count). The number of benzene rings is 1. The van der Waals surface area contributed by atoms with Gasteiger partial charge in [0, 0.05) is 22.6 Å². The zero-order valence-electron chi connectivity index (χ0n) is 11.3. The highest BCUT2D eigenvalue weighted by Crippen LogP contribution is 2.29. The van der Waals surface area contributed by atoms with E-state index in [9.17, 15) is 5.11 Å². The maximum Gasteiger partial charge on any atom is 0.0816 e. The van der Waals surface area contributed by atoms with Crippen LogP contribution in [-0.4, -0.2) is 30.1 Å². The van der Waals surface area contributed by atoms with Crippen LogP contribution in [-0.2, 0) is 0 Å². The second-order valence-corrected chi connectivity index (χ2v) is 6.85. The average molecular weight is 347 g/mol. The second kappa shape index (κ2) is 7.07. The summed E-state index contributed by atoms with van der Waals surface area (Å²) in [5, 5.41) is 10.8. The number of nitrogens with zero attached hydrogens (tertiary/aromatic N) is 1. The van der Waals surface area contributed by atoms with Crippen LogP contribution in [0, 0.1) is 5.92 Å². The fraction of sp³-hybridized carbons (Fsp3) is 0.600. The number of rotatable bonds is 6. The van der Waals surface area contributed by atoms with Gasteiger partial charge in [0.25, 0.3) is 0 Å². The van der Waals surface area contributed by atoms with Gasteiger partial charge in [-0.2, -0.15) is 0 Å². The summed E-state index contributed by atoms with van der Waals surface area (Å²) in [6.45, 7) is 2.06. The molecule has 106 valence electrons. The van der Waals surface area contributed by atoms with Crippen LogP contribution in [0.5, 0.6) is 0 Å². The van der Waals surface area contributed by atoms with Gasteiger partial charge in [-0.05, 0) is 49.9 Å². The Hall–Kier alpha value is -0.0900. The highest BCUT2D eigenvalue weighted by Gasteiger charge is 2.19. The van der Waals surface area contributed by atoms with Gasteiger partial charge in [-0.15, -0.1) is 0 Å². The lowest BCUT2D eigenvalue weighted by atomic mass is 9.85. The molecule has 0 aromatic heterocycles. The summed E-state index contributed by atoms with van der Waals surface area (Å²) >= 11 is 9.53. The first kappa shape index (κ1) is 15.3. The lowest BCUT2D eigenvalue weighted by molar-refractivity contribution is 0.135. The molecule has 4 heteroatoms. The minimum absolute atomic E-state index is 0.482. The molecule has 1 unspecified atom stereocenters. The highest BCUT2D eigenvalue weighted by atomic mass is 79.9. The molecular weight excluding hydrogens is 326 g/mol. The lowest BCUT2D eigenvalue weighted by Gasteiger charge is -2.30. The van der Waals surface area contributed by atoms with Crippen molar-refractivity contribution in [3.63, 3.8) is 0 Å². The van der Waals surface area contributed by atoms with E-state index in [1.54, 1.807) is 0 Å². The summed E-state index contributed by atoms with van der Waals surface area (Å²) < 4.78 is 0.940. The van der Waals surface area contributed by atoms with Gasteiger partial charge in [-0.1, -0.05) is 40.0 Å². The third-order valence-electron chi connectivity index (χ3n) is 3.90. The van der Waals surface area contributed by atoms with Crippen LogP contribution in [0.2, 0.25) is 5.02 Å². The molecular formula is C15H21BrClNO. The second-order valence-electron chi connectivity index (χ2n) is 5.53. The number of aliphatic hydroxyl groups excluding tert-OH is 1. The Morgan fingerprint density at radius 1 is 1.47 bits per heavy atom. The fourth-order valence-electron chi connectivity index (χ4n) is 2.48. The normalized spacial score (nSPS) is 17.5. The van der Waals surface area contributed by atoms with Crippen molar-refractivity contribution in [1.82, 2.24) is 4.90 Å². The van der Waals surface area contributed by atoms with Crippen molar-refractivity contribution in [1.29, 1.82) is 0 Å². The Morgan fingerprint density at radius 2 is 2.21 bits per heavy atom. The zero-order chi connectivity index (χ0) is 13.8. The van der Waals surface area contributed by atoms with Crippen molar-refractivity contribution in [3.05, 3.63) is 33.3 Å². The fourth-order valence-corrected chi connectivity index (χ4v) is 3.28. The highest BCUT2D eigenvalue weighted by molar-refractivity contribution is 9.10. The maximum absolute atomic E-state index is 10.2. The van der Waals surface area contributed by atoms with Crippen molar-refractivity contribution in [2.24, 2.45) is 5.92 Å². The van der Waals surface area contributed by atoms with Crippen LogP contribution in [0.1, 0.15) is 37.4 Å². The summed E-state index contributed by atoms with van der Waals surface area (Å²) in [6.07, 6.45) is 4.36. The van der Waals surface area contributed by atoms with Gasteiger partial charge in [0.2, 0.25) is 0 Å². The summed E-state index contributed by atoms with van der Waals surface area (Å²) in [7, 11) is 2.13. The van der Waals surface area contributed by atoms with E-state index >= 15 is 0 Å². The van der Waals surface area contributed by atoms with E-state index in [-0.39, 0.29) is 0 Å². The molecule has 2 nitrogen and oxygen atoms in total. The molecule has 0 bridgehead atoms. The van der Waals surface area contributed by atoms with Gasteiger partial charge in [0.05, 0.1) is 6.10 Å². The van der Waals surface area contributed by atoms with Crippen LogP contribution < -0.4 is 0 Å². The molecule has 1 aromatic rings. The molecule has 1 aromatic carbocycles. The first-order valence-electron chi connectivity index (χ1n) is 6.88. The topological polar surface area (TPSA) is 23.5 Å². The maximum atomic E-state index is 10.2. The molecule has 1 aliphatic rings. The number of hydrogen-bond donors (Lipinski definition) is 1. The van der Waals surface area contributed by atoms with Gasteiger partial charge >= 0.3 is 0 Å². The number of hydrogen-bond acceptors (Lipinski definition) is 2. The first-order chi connectivity index (χ1) is 9.06. The Morgan fingerprint density at radius 3 is 2.79 bits per heavy atom. The van der Waals surface area contributed by atoms with E-state index in [2.05, 4.69) is 27.9 Å². The Labute approximate surface area is 128 Å². The van der Waals surface area contributed by atoms with Crippen LogP contribution in [0.25, 0.3) is 0 Å². The molecule has 0 radical (unpaired) electrons. The van der Waals surface area contributed by atoms with Gasteiger partial charge in [-0.25, -0.2) is 0 Å². The summed E-state index contributed by atoms with van der Waals surface area (Å²) in [5.41, 5.74) is 0.821. The Kier molecular flexibility index (Phi) is 5.70. The molecule has 1 N–H and O–H groups in total. The van der Waals surface area contributed by atoms with Gasteiger partial charge in [-0.3, -0.25) is 0 Å². The molecule has 0 aliphatic heterocycles. The lowest BCUT2D eigenvalue weighted by Crippen LogP contribution is -2.30. The van der Waals surface area contributed by atoms with Crippen molar-refractivity contribution in [2.75, 3.05) is 20.1 Å². The van der Waals surface area contributed by atoms with Gasteiger partial charge in [0.15, 0.2) is 0 Å². The third-order valence-corrected chi connectivity index (χ3v) is 4.72. The first-order valence-corrected chi connectivity index (χ1v) is 8.05. The standard InChI is InChI=1S/C15H21BrClNO/c1-18(10-11-3-2-4-11)8-7-15(19)13-6-5-12(16)9-14(13)17/h5-6,9,11,15,19H,2-4,7-8,10H2,1H3. The molecule has 1 saturated carbocycles. The van der Waals surface area contributed by atoms with Crippen molar-refractivity contribution in [3.8, 4) is 0 Å². The Bertz CT molecular complexity index is 423. The van der Waals surface area contributed by atoms with Gasteiger partial charge < -0.3 is 10.0 Å². The third kappa shape index (κ3) is 4.45. The minimum Gasteiger partial charge on any atom is -0.388 e. The predicted molar refractivity (Wildman–Crippen MR) is 83.6 cm³/mol. The van der Waals surface area contributed by atoms with Crippen LogP contribution in [0.15, 0.2) is 22.7 Å². The predicted octanol–water partition coefficient (Wildman–Crippen LogP) is 4.26. The smallest absolute Gasteiger partial charge is 0.0816 e. The quantitative estimate of drug-likeness (QED) is 0.832.